The molecule has 0 saturated carbocycles. The van der Waals surface area contributed by atoms with E-state index in [1.54, 1.807) is 13.3 Å². The topological polar surface area (TPSA) is 77.7 Å². The van der Waals surface area contributed by atoms with Crippen molar-refractivity contribution in [1.29, 1.82) is 0 Å². The van der Waals surface area contributed by atoms with E-state index in [-0.39, 0.29) is 12.5 Å². The second-order valence-electron chi connectivity index (χ2n) is 6.29. The van der Waals surface area contributed by atoms with Crippen LogP contribution in [0, 0.1) is 6.92 Å². The lowest BCUT2D eigenvalue weighted by atomic mass is 10.2. The molecule has 3 aromatic rings. The van der Waals surface area contributed by atoms with Crippen molar-refractivity contribution in [3.8, 4) is 11.5 Å². The van der Waals surface area contributed by atoms with Crippen LogP contribution in [-0.2, 0) is 11.3 Å². The number of ether oxygens (including phenoxy) is 2. The maximum Gasteiger partial charge on any atom is 0.260 e. The summed E-state index contributed by atoms with van der Waals surface area (Å²) in [5, 5.41) is 4.04. The predicted molar refractivity (Wildman–Crippen MR) is 109 cm³/mol. The molecule has 28 heavy (non-hydrogen) atoms. The maximum absolute atomic E-state index is 12.3. The highest BCUT2D eigenvalue weighted by molar-refractivity contribution is 5.84. The van der Waals surface area contributed by atoms with Gasteiger partial charge in [0.2, 0.25) is 0 Å². The molecule has 0 radical (unpaired) electrons. The van der Waals surface area contributed by atoms with E-state index < -0.39 is 0 Å². The van der Waals surface area contributed by atoms with Crippen LogP contribution in [-0.4, -0.2) is 35.4 Å². The Balaban J connectivity index is 1.64. The lowest BCUT2D eigenvalue weighted by Crippen LogP contribution is -2.23. The molecule has 0 spiro atoms. The van der Waals surface area contributed by atoms with Gasteiger partial charge in [0.05, 0.1) is 31.0 Å². The zero-order chi connectivity index (χ0) is 19.9. The highest BCUT2D eigenvalue weighted by Gasteiger charge is 2.10. The molecule has 146 valence electrons. The van der Waals surface area contributed by atoms with Crippen molar-refractivity contribution in [3.63, 3.8) is 0 Å². The minimum Gasteiger partial charge on any atom is -0.493 e. The number of carbonyl (C=O) groups excluding carboxylic acids is 1. The number of nitrogens with zero attached hydrogens (tertiary/aromatic N) is 3. The fourth-order valence-corrected chi connectivity index (χ4v) is 2.85. The van der Waals surface area contributed by atoms with Crippen molar-refractivity contribution >= 4 is 23.2 Å². The lowest BCUT2D eigenvalue weighted by Gasteiger charge is -2.10. The van der Waals surface area contributed by atoms with Gasteiger partial charge in [-0.1, -0.05) is 19.1 Å². The number of para-hydroxylation sites is 2. The number of imidazole rings is 1. The monoisotopic (exact) mass is 380 g/mol. The number of hydrazone groups is 1. The average molecular weight is 380 g/mol. The van der Waals surface area contributed by atoms with Crippen molar-refractivity contribution in [2.45, 2.75) is 26.8 Å². The fraction of sp³-hybridized carbons (Fsp3) is 0.286. The molecular formula is C21H24N4O3. The average Bonchev–Trinajstić information content (AvgIpc) is 3.02. The van der Waals surface area contributed by atoms with Crippen LogP contribution in [0.2, 0.25) is 0 Å². The molecule has 0 aliphatic heterocycles. The van der Waals surface area contributed by atoms with Crippen LogP contribution in [0.25, 0.3) is 11.0 Å². The molecule has 1 N–H and O–H groups in total. The number of hydrogen-bond donors (Lipinski definition) is 1. The summed E-state index contributed by atoms with van der Waals surface area (Å²) in [5.74, 6) is 1.88. The number of nitrogens with one attached hydrogen (secondary N) is 1. The quantitative estimate of drug-likeness (QED) is 0.480. The van der Waals surface area contributed by atoms with Crippen LogP contribution in [0.15, 0.2) is 47.6 Å². The number of hydrogen-bond acceptors (Lipinski definition) is 5. The summed E-state index contributed by atoms with van der Waals surface area (Å²) >= 11 is 0. The molecule has 0 aliphatic rings. The third-order valence-corrected chi connectivity index (χ3v) is 4.20. The summed E-state index contributed by atoms with van der Waals surface area (Å²) in [6.45, 7) is 4.70. The number of methoxy groups -OCH3 is 1. The number of amides is 1. The van der Waals surface area contributed by atoms with Gasteiger partial charge in [-0.25, -0.2) is 10.4 Å². The first-order valence-corrected chi connectivity index (χ1v) is 9.17. The Bertz CT molecular complexity index is 994. The van der Waals surface area contributed by atoms with Crippen LogP contribution in [0.5, 0.6) is 11.5 Å². The molecule has 1 aromatic heterocycles. The van der Waals surface area contributed by atoms with Crippen LogP contribution >= 0.6 is 0 Å². The Hall–Kier alpha value is -3.35. The van der Waals surface area contributed by atoms with Gasteiger partial charge in [0.25, 0.3) is 5.91 Å². The van der Waals surface area contributed by atoms with Crippen LogP contribution < -0.4 is 14.9 Å². The smallest absolute Gasteiger partial charge is 0.260 e. The first-order valence-electron chi connectivity index (χ1n) is 9.17. The standard InChI is InChI=1S/C21H24N4O3/c1-4-11-28-19-10-9-16(12-20(19)27-3)13-22-24-21(26)14-25-15(2)23-17-7-5-6-8-18(17)25/h5-10,12-13H,4,11,14H2,1-3H3,(H,24,26)/b22-13+. The minimum atomic E-state index is -0.225. The predicted octanol–water partition coefficient (Wildman–Crippen LogP) is 3.29. The maximum atomic E-state index is 12.3. The lowest BCUT2D eigenvalue weighted by molar-refractivity contribution is -0.121. The van der Waals surface area contributed by atoms with Gasteiger partial charge in [-0.05, 0) is 49.2 Å². The van der Waals surface area contributed by atoms with Crippen LogP contribution in [0.4, 0.5) is 0 Å². The summed E-state index contributed by atoms with van der Waals surface area (Å²) in [5.41, 5.74) is 5.15. The molecule has 2 aromatic carbocycles. The third-order valence-electron chi connectivity index (χ3n) is 4.20. The zero-order valence-corrected chi connectivity index (χ0v) is 16.3. The van der Waals surface area contributed by atoms with E-state index >= 15 is 0 Å². The SMILES string of the molecule is CCCOc1ccc(/C=N/NC(=O)Cn2c(C)nc3ccccc32)cc1OC. The van der Waals surface area contributed by atoms with Gasteiger partial charge in [-0.15, -0.1) is 0 Å². The highest BCUT2D eigenvalue weighted by atomic mass is 16.5. The summed E-state index contributed by atoms with van der Waals surface area (Å²) in [6.07, 6.45) is 2.49. The van der Waals surface area contributed by atoms with Gasteiger partial charge in [-0.3, -0.25) is 4.79 Å². The molecule has 1 heterocycles. The first-order chi connectivity index (χ1) is 13.6. The van der Waals surface area contributed by atoms with E-state index in [1.807, 2.05) is 60.9 Å². The van der Waals surface area contributed by atoms with Crippen molar-refractivity contribution in [1.82, 2.24) is 15.0 Å². The first kappa shape index (κ1) is 19.4. The van der Waals surface area contributed by atoms with E-state index in [4.69, 9.17) is 9.47 Å². The summed E-state index contributed by atoms with van der Waals surface area (Å²) in [7, 11) is 1.59. The molecule has 3 rings (SSSR count). The van der Waals surface area contributed by atoms with Crippen LogP contribution in [0.3, 0.4) is 0 Å². The van der Waals surface area contributed by atoms with Gasteiger partial charge < -0.3 is 14.0 Å². The molecule has 0 atom stereocenters. The summed E-state index contributed by atoms with van der Waals surface area (Å²) in [6, 6.07) is 13.2. The molecule has 0 bridgehead atoms. The number of fused-ring (bicyclic) bond motifs is 1. The normalized spacial score (nSPS) is 11.1. The number of carbonyl (C=O) groups is 1. The van der Waals surface area contributed by atoms with Crippen LogP contribution in [0.1, 0.15) is 24.7 Å². The molecule has 0 saturated heterocycles. The number of rotatable bonds is 8. The Morgan fingerprint density at radius 1 is 1.25 bits per heavy atom. The fourth-order valence-electron chi connectivity index (χ4n) is 2.85. The molecule has 7 nitrogen and oxygen atoms in total. The zero-order valence-electron chi connectivity index (χ0n) is 16.3. The van der Waals surface area contributed by atoms with E-state index in [0.29, 0.717) is 18.1 Å². The van der Waals surface area contributed by atoms with Gasteiger partial charge in [0.1, 0.15) is 12.4 Å². The summed E-state index contributed by atoms with van der Waals surface area (Å²) in [4.78, 5) is 16.7. The molecule has 1 amide bonds. The van der Waals surface area contributed by atoms with E-state index in [0.717, 1.165) is 28.8 Å². The molecule has 0 fully saturated rings. The van der Waals surface area contributed by atoms with E-state index in [1.165, 1.54) is 0 Å². The number of aryl methyl sites for hydroxylation is 1. The van der Waals surface area contributed by atoms with Gasteiger partial charge in [-0.2, -0.15) is 5.10 Å². The molecular weight excluding hydrogens is 356 g/mol. The minimum absolute atomic E-state index is 0.150. The van der Waals surface area contributed by atoms with Gasteiger partial charge >= 0.3 is 0 Å². The Morgan fingerprint density at radius 2 is 2.07 bits per heavy atom. The summed E-state index contributed by atoms with van der Waals surface area (Å²) < 4.78 is 12.8. The third kappa shape index (κ3) is 4.49. The second kappa shape index (κ2) is 9.03. The second-order valence-corrected chi connectivity index (χ2v) is 6.29. The van der Waals surface area contributed by atoms with Crippen molar-refractivity contribution in [3.05, 3.63) is 53.9 Å². The van der Waals surface area contributed by atoms with E-state index in [2.05, 4.69) is 15.5 Å². The number of benzene rings is 2. The van der Waals surface area contributed by atoms with Crippen molar-refractivity contribution in [2.75, 3.05) is 13.7 Å². The van der Waals surface area contributed by atoms with Gasteiger partial charge in [0, 0.05) is 0 Å². The Morgan fingerprint density at radius 3 is 2.86 bits per heavy atom. The van der Waals surface area contributed by atoms with Crippen molar-refractivity contribution in [2.24, 2.45) is 5.10 Å². The number of aromatic nitrogens is 2. The van der Waals surface area contributed by atoms with Gasteiger partial charge in [0.15, 0.2) is 11.5 Å². The molecule has 0 aliphatic carbocycles. The highest BCUT2D eigenvalue weighted by Crippen LogP contribution is 2.27. The Labute approximate surface area is 164 Å². The molecule has 0 unspecified atom stereocenters. The van der Waals surface area contributed by atoms with Crippen molar-refractivity contribution < 1.29 is 14.3 Å². The Kier molecular flexibility index (Phi) is 6.26. The molecule has 7 heteroatoms. The largest absolute Gasteiger partial charge is 0.493 e. The van der Waals surface area contributed by atoms with E-state index in [9.17, 15) is 4.79 Å².